The Kier molecular flexibility index (Phi) is 4.63. The summed E-state index contributed by atoms with van der Waals surface area (Å²) < 4.78 is 31.3. The maximum Gasteiger partial charge on any atom is 0.219 e. The van der Waals surface area contributed by atoms with Crippen molar-refractivity contribution in [3.05, 3.63) is 53.7 Å². The highest BCUT2D eigenvalue weighted by Crippen LogP contribution is 2.21. The van der Waals surface area contributed by atoms with E-state index in [1.807, 2.05) is 13.0 Å². The van der Waals surface area contributed by atoms with Gasteiger partial charge in [-0.25, -0.2) is 13.8 Å². The van der Waals surface area contributed by atoms with Crippen LogP contribution in [0.4, 0.5) is 8.78 Å². The summed E-state index contributed by atoms with van der Waals surface area (Å²) >= 11 is 0. The van der Waals surface area contributed by atoms with E-state index in [0.29, 0.717) is 0 Å². The fraction of sp³-hybridized carbons (Fsp3) is 0.267. The van der Waals surface area contributed by atoms with Crippen molar-refractivity contribution in [2.75, 3.05) is 0 Å². The molecular formula is C15H16F2N2O. The van der Waals surface area contributed by atoms with Gasteiger partial charge in [0.2, 0.25) is 5.88 Å². The minimum Gasteiger partial charge on any atom is -0.439 e. The Balaban J connectivity index is 2.06. The number of nitrogens with zero attached hydrogens (tertiary/aromatic N) is 1. The summed E-state index contributed by atoms with van der Waals surface area (Å²) in [7, 11) is 0. The number of pyridine rings is 1. The Bertz CT molecular complexity index is 552. The summed E-state index contributed by atoms with van der Waals surface area (Å²) in [5.41, 5.74) is 6.85. The molecule has 3 nitrogen and oxygen atoms in total. The van der Waals surface area contributed by atoms with E-state index in [0.717, 1.165) is 36.6 Å². The number of nitrogens with two attached hydrogens (primary N) is 1. The lowest BCUT2D eigenvalue weighted by atomic mass is 10.1. The van der Waals surface area contributed by atoms with Crippen molar-refractivity contribution in [3.8, 4) is 11.6 Å². The molecule has 2 N–H and O–H groups in total. The summed E-state index contributed by atoms with van der Waals surface area (Å²) in [4.78, 5) is 4.10. The predicted octanol–water partition coefficient (Wildman–Crippen LogP) is 3.43. The van der Waals surface area contributed by atoms with E-state index < -0.39 is 11.6 Å². The van der Waals surface area contributed by atoms with Crippen LogP contribution in [-0.4, -0.2) is 11.0 Å². The maximum atomic E-state index is 13.0. The summed E-state index contributed by atoms with van der Waals surface area (Å²) in [6.07, 6.45) is 3.28. The summed E-state index contributed by atoms with van der Waals surface area (Å²) in [5, 5.41) is 0. The van der Waals surface area contributed by atoms with Gasteiger partial charge in [-0.2, -0.15) is 0 Å². The van der Waals surface area contributed by atoms with Gasteiger partial charge in [0.15, 0.2) is 0 Å². The summed E-state index contributed by atoms with van der Waals surface area (Å²) in [5.74, 6) is -1.02. The third-order valence-corrected chi connectivity index (χ3v) is 2.88. The van der Waals surface area contributed by atoms with E-state index >= 15 is 0 Å². The first kappa shape index (κ1) is 14.4. The van der Waals surface area contributed by atoms with E-state index in [9.17, 15) is 8.78 Å². The van der Waals surface area contributed by atoms with Gasteiger partial charge in [-0.3, -0.25) is 0 Å². The first-order valence-corrected chi connectivity index (χ1v) is 6.41. The van der Waals surface area contributed by atoms with E-state index in [2.05, 4.69) is 4.98 Å². The molecule has 1 heterocycles. The van der Waals surface area contributed by atoms with Crippen LogP contribution in [0.5, 0.6) is 11.6 Å². The average Bonchev–Trinajstić information content (AvgIpc) is 2.39. The highest BCUT2D eigenvalue weighted by atomic mass is 19.1. The fourth-order valence-corrected chi connectivity index (χ4v) is 1.75. The number of halogens is 2. The Morgan fingerprint density at radius 3 is 2.45 bits per heavy atom. The van der Waals surface area contributed by atoms with Crippen molar-refractivity contribution in [1.82, 2.24) is 4.98 Å². The van der Waals surface area contributed by atoms with E-state index in [1.165, 1.54) is 0 Å². The maximum absolute atomic E-state index is 13.0. The molecule has 106 valence electrons. The molecule has 0 spiro atoms. The highest BCUT2D eigenvalue weighted by Gasteiger charge is 2.05. The molecule has 1 unspecified atom stereocenters. The van der Waals surface area contributed by atoms with Gasteiger partial charge >= 0.3 is 0 Å². The monoisotopic (exact) mass is 278 g/mol. The zero-order chi connectivity index (χ0) is 14.5. The molecule has 0 radical (unpaired) electrons. The fourth-order valence-electron chi connectivity index (χ4n) is 1.75. The van der Waals surface area contributed by atoms with Crippen LogP contribution < -0.4 is 10.5 Å². The second-order valence-corrected chi connectivity index (χ2v) is 4.58. The van der Waals surface area contributed by atoms with Crippen LogP contribution in [-0.2, 0) is 6.42 Å². The molecule has 1 atom stereocenters. The van der Waals surface area contributed by atoms with Gasteiger partial charge in [-0.15, -0.1) is 0 Å². The number of hydrogen-bond donors (Lipinski definition) is 1. The molecule has 0 aliphatic heterocycles. The molecule has 5 heteroatoms. The Morgan fingerprint density at radius 1 is 1.20 bits per heavy atom. The van der Waals surface area contributed by atoms with Gasteiger partial charge in [-0.05, 0) is 18.4 Å². The standard InChI is InChI=1S/C15H16F2N2O/c1-2-13(18)5-10-3-4-15(19-9-10)20-14-7-11(16)6-12(17)8-14/h3-4,6-9,13H,2,5,18H2,1H3. The molecule has 2 rings (SSSR count). The minimum absolute atomic E-state index is 0.0769. The van der Waals surface area contributed by atoms with Crippen LogP contribution in [0.2, 0.25) is 0 Å². The van der Waals surface area contributed by atoms with Gasteiger partial charge in [-0.1, -0.05) is 13.0 Å². The van der Waals surface area contributed by atoms with Gasteiger partial charge in [0.05, 0.1) is 0 Å². The first-order valence-electron chi connectivity index (χ1n) is 6.41. The predicted molar refractivity (Wildman–Crippen MR) is 72.6 cm³/mol. The Hall–Kier alpha value is -2.01. The number of hydrogen-bond acceptors (Lipinski definition) is 3. The third kappa shape index (κ3) is 3.99. The van der Waals surface area contributed by atoms with Crippen LogP contribution >= 0.6 is 0 Å². The third-order valence-electron chi connectivity index (χ3n) is 2.88. The lowest BCUT2D eigenvalue weighted by Gasteiger charge is -2.09. The molecular weight excluding hydrogens is 262 g/mol. The van der Waals surface area contributed by atoms with Gasteiger partial charge in [0, 0.05) is 36.5 Å². The molecule has 0 amide bonds. The molecule has 0 bridgehead atoms. The molecule has 0 fully saturated rings. The number of ether oxygens (including phenoxy) is 1. The van der Waals surface area contributed by atoms with E-state index in [1.54, 1.807) is 12.3 Å². The topological polar surface area (TPSA) is 48.1 Å². The lowest BCUT2D eigenvalue weighted by molar-refractivity contribution is 0.451. The van der Waals surface area contributed by atoms with Crippen LogP contribution in [0, 0.1) is 11.6 Å². The van der Waals surface area contributed by atoms with Crippen molar-refractivity contribution in [2.24, 2.45) is 5.73 Å². The zero-order valence-electron chi connectivity index (χ0n) is 11.1. The first-order chi connectivity index (χ1) is 9.56. The van der Waals surface area contributed by atoms with Crippen molar-refractivity contribution >= 4 is 0 Å². The van der Waals surface area contributed by atoms with Crippen LogP contribution in [0.1, 0.15) is 18.9 Å². The SMILES string of the molecule is CCC(N)Cc1ccc(Oc2cc(F)cc(F)c2)nc1. The average molecular weight is 278 g/mol. The Morgan fingerprint density at radius 2 is 1.90 bits per heavy atom. The molecule has 1 aromatic heterocycles. The van der Waals surface area contributed by atoms with Crippen molar-refractivity contribution < 1.29 is 13.5 Å². The number of benzene rings is 1. The number of aromatic nitrogens is 1. The largest absolute Gasteiger partial charge is 0.439 e. The van der Waals surface area contributed by atoms with Crippen LogP contribution in [0.15, 0.2) is 36.5 Å². The quantitative estimate of drug-likeness (QED) is 0.911. The molecule has 0 aliphatic rings. The Labute approximate surface area is 116 Å². The normalized spacial score (nSPS) is 12.2. The summed E-state index contributed by atoms with van der Waals surface area (Å²) in [6.45, 7) is 2.02. The van der Waals surface area contributed by atoms with Crippen molar-refractivity contribution in [2.45, 2.75) is 25.8 Å². The van der Waals surface area contributed by atoms with Crippen molar-refractivity contribution in [1.29, 1.82) is 0 Å². The van der Waals surface area contributed by atoms with Gasteiger partial charge in [0.25, 0.3) is 0 Å². The number of rotatable bonds is 5. The molecule has 0 aliphatic carbocycles. The van der Waals surface area contributed by atoms with Crippen molar-refractivity contribution in [3.63, 3.8) is 0 Å². The molecule has 0 saturated carbocycles. The summed E-state index contributed by atoms with van der Waals surface area (Å²) in [6, 6.07) is 6.59. The van der Waals surface area contributed by atoms with Crippen LogP contribution in [0.3, 0.4) is 0 Å². The zero-order valence-corrected chi connectivity index (χ0v) is 11.1. The molecule has 0 saturated heterocycles. The van der Waals surface area contributed by atoms with Crippen LogP contribution in [0.25, 0.3) is 0 Å². The molecule has 20 heavy (non-hydrogen) atoms. The highest BCUT2D eigenvalue weighted by molar-refractivity contribution is 5.29. The lowest BCUT2D eigenvalue weighted by Crippen LogP contribution is -2.21. The van der Waals surface area contributed by atoms with Gasteiger partial charge < -0.3 is 10.5 Å². The van der Waals surface area contributed by atoms with E-state index in [4.69, 9.17) is 10.5 Å². The minimum atomic E-state index is -0.689. The smallest absolute Gasteiger partial charge is 0.219 e. The molecule has 2 aromatic rings. The second-order valence-electron chi connectivity index (χ2n) is 4.58. The van der Waals surface area contributed by atoms with E-state index in [-0.39, 0.29) is 17.7 Å². The second kappa shape index (κ2) is 6.43. The molecule has 1 aromatic carbocycles. The van der Waals surface area contributed by atoms with Gasteiger partial charge in [0.1, 0.15) is 17.4 Å².